The zero-order chi connectivity index (χ0) is 41.1. The van der Waals surface area contributed by atoms with E-state index >= 15 is 0 Å². The fourth-order valence-corrected chi connectivity index (χ4v) is 9.31. The van der Waals surface area contributed by atoms with Crippen LogP contribution in [0, 0.1) is 5.92 Å². The van der Waals surface area contributed by atoms with Crippen molar-refractivity contribution in [3.8, 4) is 11.5 Å². The number of imidazole rings is 1. The highest BCUT2D eigenvalue weighted by Gasteiger charge is 2.36. The number of carbonyl (C=O) groups is 6. The van der Waals surface area contributed by atoms with Crippen LogP contribution in [0.2, 0.25) is 0 Å². The lowest BCUT2D eigenvalue weighted by Gasteiger charge is -2.28. The first kappa shape index (κ1) is 43.1. The van der Waals surface area contributed by atoms with E-state index in [1.807, 2.05) is 13.8 Å². The molecule has 2 saturated heterocycles. The Morgan fingerprint density at radius 1 is 0.737 bits per heavy atom. The molecule has 3 heterocycles. The van der Waals surface area contributed by atoms with Crippen LogP contribution in [-0.2, 0) is 48.0 Å². The van der Waals surface area contributed by atoms with Crippen molar-refractivity contribution in [2.45, 2.75) is 94.4 Å². The number of aromatic amines is 1. The fourth-order valence-electron chi connectivity index (χ4n) is 6.48. The molecule has 5 amide bonds. The third-order valence-electron chi connectivity index (χ3n) is 9.62. The molecule has 3 aromatic rings. The smallest absolute Gasteiger partial charge is 0.243 e. The summed E-state index contributed by atoms with van der Waals surface area (Å²) in [5.74, 6) is -3.07. The Morgan fingerprint density at radius 2 is 1.25 bits per heavy atom. The predicted molar refractivity (Wildman–Crippen MR) is 216 cm³/mol. The van der Waals surface area contributed by atoms with Crippen LogP contribution in [0.3, 0.4) is 0 Å². The van der Waals surface area contributed by atoms with Crippen LogP contribution < -0.4 is 31.9 Å². The number of phenols is 2. The molecule has 7 atom stereocenters. The van der Waals surface area contributed by atoms with E-state index in [0.717, 1.165) is 0 Å². The first-order valence-corrected chi connectivity index (χ1v) is 21.2. The Morgan fingerprint density at radius 3 is 1.75 bits per heavy atom. The minimum absolute atomic E-state index is 0.00121. The molecule has 4 unspecified atom stereocenters. The Kier molecular flexibility index (Phi) is 15.4. The molecule has 0 radical (unpaired) electrons. The van der Waals surface area contributed by atoms with Crippen molar-refractivity contribution in [3.63, 3.8) is 0 Å². The number of ketones is 1. The summed E-state index contributed by atoms with van der Waals surface area (Å²) in [5, 5.41) is 37.0. The monoisotopic (exact) mass is 822 g/mol. The molecule has 16 nitrogen and oxygen atoms in total. The van der Waals surface area contributed by atoms with Gasteiger partial charge in [0.1, 0.15) is 35.7 Å². The number of H-pyrrole nitrogens is 1. The number of benzene rings is 2. The summed E-state index contributed by atoms with van der Waals surface area (Å²) in [6.07, 6.45) is 3.54. The first-order chi connectivity index (χ1) is 27.2. The van der Waals surface area contributed by atoms with Crippen molar-refractivity contribution in [3.05, 3.63) is 77.9 Å². The summed E-state index contributed by atoms with van der Waals surface area (Å²) in [7, 11) is 2.87. The lowest BCUT2D eigenvalue weighted by Crippen LogP contribution is -2.60. The number of amides is 5. The zero-order valence-corrected chi connectivity index (χ0v) is 33.6. The van der Waals surface area contributed by atoms with E-state index in [-0.39, 0.29) is 65.8 Å². The van der Waals surface area contributed by atoms with Crippen LogP contribution in [0.5, 0.6) is 11.5 Å². The average molecular weight is 823 g/mol. The van der Waals surface area contributed by atoms with Crippen LogP contribution in [-0.4, -0.2) is 109 Å². The molecule has 5 rings (SSSR count). The van der Waals surface area contributed by atoms with Gasteiger partial charge in [-0.15, -0.1) is 0 Å². The second-order valence-electron chi connectivity index (χ2n) is 14.8. The molecule has 0 aliphatic carbocycles. The van der Waals surface area contributed by atoms with Crippen molar-refractivity contribution in [2.24, 2.45) is 5.92 Å². The van der Waals surface area contributed by atoms with Crippen LogP contribution in [0.1, 0.15) is 50.4 Å². The number of aromatic hydroxyl groups is 2. The van der Waals surface area contributed by atoms with Gasteiger partial charge in [0.25, 0.3) is 0 Å². The maximum Gasteiger partial charge on any atom is 0.243 e. The summed E-state index contributed by atoms with van der Waals surface area (Å²) in [6, 6.07) is 6.05. The van der Waals surface area contributed by atoms with E-state index in [2.05, 4.69) is 41.9 Å². The number of nitrogens with one attached hydrogen (secondary N) is 7. The topological polar surface area (TPSA) is 244 Å². The summed E-state index contributed by atoms with van der Waals surface area (Å²) in [5.41, 5.74) is 1.70. The minimum atomic E-state index is -1.29. The normalized spacial score (nSPS) is 25.7. The van der Waals surface area contributed by atoms with Gasteiger partial charge in [0.2, 0.25) is 29.5 Å². The van der Waals surface area contributed by atoms with Gasteiger partial charge in [-0.1, -0.05) is 59.7 Å². The van der Waals surface area contributed by atoms with Crippen LogP contribution in [0.15, 0.2) is 61.1 Å². The second kappa shape index (κ2) is 20.4. The number of hydrogen-bond donors (Lipinski definition) is 9. The van der Waals surface area contributed by atoms with Crippen molar-refractivity contribution in [2.75, 3.05) is 12.3 Å². The number of aromatic nitrogens is 2. The third kappa shape index (κ3) is 13.0. The molecule has 18 heteroatoms. The molecule has 2 aliphatic rings. The molecule has 2 bridgehead atoms. The van der Waals surface area contributed by atoms with Gasteiger partial charge in [0, 0.05) is 48.7 Å². The maximum atomic E-state index is 14.3. The molecule has 2 aliphatic heterocycles. The van der Waals surface area contributed by atoms with E-state index in [4.69, 9.17) is 0 Å². The first-order valence-electron chi connectivity index (χ1n) is 18.8. The molecule has 9 N–H and O–H groups in total. The minimum Gasteiger partial charge on any atom is -0.508 e. The highest BCUT2D eigenvalue weighted by atomic mass is 33.1. The van der Waals surface area contributed by atoms with Crippen LogP contribution >= 0.6 is 21.6 Å². The number of Topliss-reactive ketones (excluding diaryl/α,β-unsaturated/α-hetero) is 1. The van der Waals surface area contributed by atoms with E-state index in [1.165, 1.54) is 65.3 Å². The summed E-state index contributed by atoms with van der Waals surface area (Å²) in [6.45, 7) is 5.71. The molecule has 0 saturated carbocycles. The number of fused-ring (bicyclic) bond motifs is 2. The van der Waals surface area contributed by atoms with Crippen molar-refractivity contribution < 1.29 is 39.0 Å². The van der Waals surface area contributed by atoms with Crippen molar-refractivity contribution in [1.29, 1.82) is 0 Å². The van der Waals surface area contributed by atoms with Gasteiger partial charge < -0.3 is 47.1 Å². The van der Waals surface area contributed by atoms with Gasteiger partial charge >= 0.3 is 0 Å². The van der Waals surface area contributed by atoms with Gasteiger partial charge in [-0.05, 0) is 61.1 Å². The summed E-state index contributed by atoms with van der Waals surface area (Å²) >= 11 is 0. The Bertz CT molecular complexity index is 1860. The van der Waals surface area contributed by atoms with Gasteiger partial charge in [-0.2, -0.15) is 0 Å². The quantitative estimate of drug-likeness (QED) is 0.138. The number of nitrogens with zero attached hydrogens (tertiary/aromatic N) is 1. The third-order valence-corrected chi connectivity index (χ3v) is 12.5. The molecular formula is C39H50N8O8S2. The molecule has 1 aromatic heterocycles. The van der Waals surface area contributed by atoms with E-state index in [9.17, 15) is 39.0 Å². The molecule has 306 valence electrons. The molecule has 0 spiro atoms. The van der Waals surface area contributed by atoms with Gasteiger partial charge in [0.05, 0.1) is 18.4 Å². The Hall–Kier alpha value is -5.07. The number of hydrogen-bond acceptors (Lipinski definition) is 12. The molecule has 2 aromatic carbocycles. The van der Waals surface area contributed by atoms with Gasteiger partial charge in [-0.3, -0.25) is 28.8 Å². The molecule has 57 heavy (non-hydrogen) atoms. The SMILES string of the molecule is CC(=O)C1CSSC2CNC(C2)C(=O)NC(CC(C)C)C(=O)N[C@@H](Cc2ccc(O)cc2)C(=O)N[C@@H](Cc2cnc[nH]2)C(=O)N[C@@H](Cc2ccc(O)cc2)C(=O)N1. The van der Waals surface area contributed by atoms with E-state index in [1.54, 1.807) is 24.3 Å². The van der Waals surface area contributed by atoms with Crippen LogP contribution in [0.4, 0.5) is 0 Å². The fraction of sp³-hybridized carbons (Fsp3) is 0.462. The Labute approximate surface area is 338 Å². The van der Waals surface area contributed by atoms with Crippen LogP contribution in [0.25, 0.3) is 0 Å². The Balaban J connectivity index is 1.51. The standard InChI is InChI=1S/C39H50N8O8S2/c1-21(2)12-30-36(52)44-31(13-23-4-8-26(49)9-5-23)37(53)46-33(15-25-17-40-20-42-25)39(55)45-32(14-24-6-10-27(50)11-7-24)38(54)47-34(22(3)48)19-56-57-28-16-29(41-18-28)35(51)43-30/h4-11,17,20-21,28-34,41,49-50H,12-16,18-19H2,1-3H3,(H,40,42)(H,43,51)(H,44,52)(H,45,55)(H,46,53)(H,47,54)/t28?,29?,30?,31-,32-,33-,34?/m0/s1. The maximum absolute atomic E-state index is 14.3. The summed E-state index contributed by atoms with van der Waals surface area (Å²) < 4.78 is 0. The van der Waals surface area contributed by atoms with E-state index < -0.39 is 59.9 Å². The van der Waals surface area contributed by atoms with Gasteiger partial charge in [-0.25, -0.2) is 4.98 Å². The second-order valence-corrected chi connectivity index (χ2v) is 17.5. The molecule has 2 fully saturated rings. The predicted octanol–water partition coefficient (Wildman–Crippen LogP) is 1.03. The highest BCUT2D eigenvalue weighted by molar-refractivity contribution is 8.77. The summed E-state index contributed by atoms with van der Waals surface area (Å²) in [4.78, 5) is 89.8. The van der Waals surface area contributed by atoms with Crippen molar-refractivity contribution >= 4 is 56.9 Å². The number of rotatable bonds is 9. The van der Waals surface area contributed by atoms with Crippen molar-refractivity contribution in [1.82, 2.24) is 41.9 Å². The lowest BCUT2D eigenvalue weighted by molar-refractivity contribution is -0.135. The van der Waals surface area contributed by atoms with E-state index in [0.29, 0.717) is 29.8 Å². The highest BCUT2D eigenvalue weighted by Crippen LogP contribution is 2.32. The largest absolute Gasteiger partial charge is 0.508 e. The zero-order valence-electron chi connectivity index (χ0n) is 31.9. The average Bonchev–Trinajstić information content (AvgIpc) is 3.87. The van der Waals surface area contributed by atoms with Gasteiger partial charge in [0.15, 0.2) is 5.78 Å². The lowest BCUT2D eigenvalue weighted by atomic mass is 10.00. The number of carbonyl (C=O) groups excluding carboxylic acids is 6. The number of phenolic OH excluding ortho intramolecular Hbond substituents is 2. The molecular weight excluding hydrogens is 773 g/mol.